The first-order valence-corrected chi connectivity index (χ1v) is 7.47. The van der Waals surface area contributed by atoms with Gasteiger partial charge in [0.05, 0.1) is 6.42 Å². The highest BCUT2D eigenvalue weighted by molar-refractivity contribution is 5.75. The Morgan fingerprint density at radius 3 is 2.24 bits per heavy atom. The van der Waals surface area contributed by atoms with Gasteiger partial charge in [0.2, 0.25) is 0 Å². The first-order valence-electron chi connectivity index (χ1n) is 7.47. The molecular formula is C15H31N3O3. The lowest BCUT2D eigenvalue weighted by Crippen LogP contribution is -2.46. The molecule has 0 aliphatic heterocycles. The maximum atomic E-state index is 11.8. The molecule has 2 amide bonds. The highest BCUT2D eigenvalue weighted by atomic mass is 16.4. The van der Waals surface area contributed by atoms with Crippen molar-refractivity contribution in [2.75, 3.05) is 20.1 Å². The number of likely N-dealkylation sites (N-methyl/N-ethyl adjacent to an activating group) is 1. The number of urea groups is 1. The van der Waals surface area contributed by atoms with Crippen LogP contribution in [0, 0.1) is 5.41 Å². The predicted molar refractivity (Wildman–Crippen MR) is 84.4 cm³/mol. The van der Waals surface area contributed by atoms with E-state index in [4.69, 9.17) is 5.11 Å². The average Bonchev–Trinajstić information content (AvgIpc) is 2.24. The summed E-state index contributed by atoms with van der Waals surface area (Å²) in [7, 11) is 2.00. The fraction of sp³-hybridized carbons (Fsp3) is 0.867. The van der Waals surface area contributed by atoms with E-state index < -0.39 is 5.97 Å². The lowest BCUT2D eigenvalue weighted by molar-refractivity contribution is -0.137. The minimum atomic E-state index is -0.899. The van der Waals surface area contributed by atoms with Gasteiger partial charge in [-0.05, 0) is 32.7 Å². The fourth-order valence-corrected chi connectivity index (χ4v) is 1.96. The zero-order valence-corrected chi connectivity index (χ0v) is 14.2. The molecule has 0 bridgehead atoms. The zero-order chi connectivity index (χ0) is 16.6. The van der Waals surface area contributed by atoms with Crippen LogP contribution in [0.2, 0.25) is 0 Å². The van der Waals surface area contributed by atoms with Crippen molar-refractivity contribution >= 4 is 12.0 Å². The lowest BCUT2D eigenvalue weighted by Gasteiger charge is -2.26. The average molecular weight is 301 g/mol. The summed E-state index contributed by atoms with van der Waals surface area (Å²) in [5.74, 6) is -0.899. The fourth-order valence-electron chi connectivity index (χ4n) is 1.96. The van der Waals surface area contributed by atoms with Crippen LogP contribution in [0.1, 0.15) is 47.5 Å². The Morgan fingerprint density at radius 1 is 1.24 bits per heavy atom. The Kier molecular flexibility index (Phi) is 8.32. The third-order valence-electron chi connectivity index (χ3n) is 3.25. The van der Waals surface area contributed by atoms with Gasteiger partial charge in [-0.1, -0.05) is 20.8 Å². The Labute approximate surface area is 128 Å². The second-order valence-electron chi connectivity index (χ2n) is 7.03. The van der Waals surface area contributed by atoms with E-state index >= 15 is 0 Å². The molecule has 0 saturated heterocycles. The van der Waals surface area contributed by atoms with E-state index in [2.05, 4.69) is 29.4 Å². The van der Waals surface area contributed by atoms with Crippen LogP contribution in [0.5, 0.6) is 0 Å². The summed E-state index contributed by atoms with van der Waals surface area (Å²) in [6.45, 7) is 11.6. The summed E-state index contributed by atoms with van der Waals surface area (Å²) in [5, 5.41) is 14.5. The van der Waals surface area contributed by atoms with Crippen molar-refractivity contribution in [3.05, 3.63) is 0 Å². The molecule has 3 N–H and O–H groups in total. The van der Waals surface area contributed by atoms with Crippen LogP contribution >= 0.6 is 0 Å². The zero-order valence-electron chi connectivity index (χ0n) is 14.2. The Bertz CT molecular complexity index is 338. The third-order valence-corrected chi connectivity index (χ3v) is 3.25. The smallest absolute Gasteiger partial charge is 0.315 e. The SMILES string of the molecule is CC(C)N(C)CCNC(=O)NC(CC(=O)O)CC(C)(C)C. The normalized spacial score (nSPS) is 13.3. The number of nitrogens with one attached hydrogen (secondary N) is 2. The van der Waals surface area contributed by atoms with Crippen molar-refractivity contribution in [2.24, 2.45) is 5.41 Å². The maximum Gasteiger partial charge on any atom is 0.315 e. The lowest BCUT2D eigenvalue weighted by atomic mass is 9.87. The summed E-state index contributed by atoms with van der Waals surface area (Å²) in [6.07, 6.45) is 0.565. The molecular weight excluding hydrogens is 270 g/mol. The third kappa shape index (κ3) is 11.1. The molecule has 0 saturated carbocycles. The summed E-state index contributed by atoms with van der Waals surface area (Å²) < 4.78 is 0. The van der Waals surface area contributed by atoms with Crippen LogP contribution in [0.4, 0.5) is 4.79 Å². The van der Waals surface area contributed by atoms with Crippen molar-refractivity contribution < 1.29 is 14.7 Å². The number of carbonyl (C=O) groups excluding carboxylic acids is 1. The van der Waals surface area contributed by atoms with Gasteiger partial charge in [-0.25, -0.2) is 4.79 Å². The molecule has 6 nitrogen and oxygen atoms in total. The molecule has 0 aromatic heterocycles. The van der Waals surface area contributed by atoms with Gasteiger partial charge in [0.1, 0.15) is 0 Å². The number of carboxylic acid groups (broad SMARTS) is 1. The second-order valence-corrected chi connectivity index (χ2v) is 7.03. The first kappa shape index (κ1) is 19.7. The van der Waals surface area contributed by atoms with Crippen molar-refractivity contribution in [3.8, 4) is 0 Å². The van der Waals surface area contributed by atoms with E-state index in [1.165, 1.54) is 0 Å². The van der Waals surface area contributed by atoms with Crippen LogP contribution in [0.3, 0.4) is 0 Å². The van der Waals surface area contributed by atoms with Crippen molar-refractivity contribution in [3.63, 3.8) is 0 Å². The topological polar surface area (TPSA) is 81.7 Å². The van der Waals surface area contributed by atoms with E-state index in [0.29, 0.717) is 19.0 Å². The van der Waals surface area contributed by atoms with Crippen LogP contribution in [-0.4, -0.2) is 54.2 Å². The van der Waals surface area contributed by atoms with Gasteiger partial charge in [0.25, 0.3) is 0 Å². The van der Waals surface area contributed by atoms with E-state index in [9.17, 15) is 9.59 Å². The van der Waals surface area contributed by atoms with Crippen molar-refractivity contribution in [1.29, 1.82) is 0 Å². The molecule has 1 unspecified atom stereocenters. The van der Waals surface area contributed by atoms with E-state index in [1.807, 2.05) is 27.8 Å². The molecule has 0 fully saturated rings. The number of hydrogen-bond acceptors (Lipinski definition) is 3. The van der Waals surface area contributed by atoms with Gasteiger partial charge in [0, 0.05) is 25.2 Å². The number of rotatable bonds is 8. The summed E-state index contributed by atoms with van der Waals surface area (Å²) in [6, 6.07) is -0.233. The summed E-state index contributed by atoms with van der Waals surface area (Å²) >= 11 is 0. The van der Waals surface area contributed by atoms with Gasteiger partial charge >= 0.3 is 12.0 Å². The molecule has 1 atom stereocenters. The number of hydrogen-bond donors (Lipinski definition) is 3. The minimum Gasteiger partial charge on any atom is -0.481 e. The molecule has 21 heavy (non-hydrogen) atoms. The molecule has 0 aliphatic rings. The van der Waals surface area contributed by atoms with Gasteiger partial charge in [-0.15, -0.1) is 0 Å². The van der Waals surface area contributed by atoms with E-state index in [0.717, 1.165) is 6.54 Å². The molecule has 0 aromatic carbocycles. The monoisotopic (exact) mass is 301 g/mol. The number of aliphatic carboxylic acids is 1. The molecule has 0 spiro atoms. The number of carboxylic acids is 1. The number of amides is 2. The van der Waals surface area contributed by atoms with Gasteiger partial charge < -0.3 is 20.6 Å². The van der Waals surface area contributed by atoms with Gasteiger partial charge in [0.15, 0.2) is 0 Å². The van der Waals surface area contributed by atoms with Crippen molar-refractivity contribution in [2.45, 2.75) is 59.5 Å². The quantitative estimate of drug-likeness (QED) is 0.639. The summed E-state index contributed by atoms with van der Waals surface area (Å²) in [4.78, 5) is 24.8. The molecule has 6 heteroatoms. The molecule has 0 heterocycles. The number of nitrogens with zero attached hydrogens (tertiary/aromatic N) is 1. The maximum absolute atomic E-state index is 11.8. The van der Waals surface area contributed by atoms with Crippen LogP contribution in [0.25, 0.3) is 0 Å². The first-order chi connectivity index (χ1) is 9.51. The van der Waals surface area contributed by atoms with Crippen LogP contribution in [-0.2, 0) is 4.79 Å². The molecule has 0 radical (unpaired) electrons. The van der Waals surface area contributed by atoms with Gasteiger partial charge in [-0.2, -0.15) is 0 Å². The Morgan fingerprint density at radius 2 is 1.81 bits per heavy atom. The van der Waals surface area contributed by atoms with Gasteiger partial charge in [-0.3, -0.25) is 4.79 Å². The standard InChI is InChI=1S/C15H31N3O3/c1-11(2)18(6)8-7-16-14(21)17-12(9-13(19)20)10-15(3,4)5/h11-12H,7-10H2,1-6H3,(H,19,20)(H2,16,17,21). The van der Waals surface area contributed by atoms with Crippen LogP contribution < -0.4 is 10.6 Å². The van der Waals surface area contributed by atoms with Crippen LogP contribution in [0.15, 0.2) is 0 Å². The largest absolute Gasteiger partial charge is 0.481 e. The minimum absolute atomic E-state index is 0.0365. The molecule has 0 aromatic rings. The summed E-state index contributed by atoms with van der Waals surface area (Å²) in [5.41, 5.74) is -0.0365. The highest BCUT2D eigenvalue weighted by Gasteiger charge is 2.22. The van der Waals surface area contributed by atoms with E-state index in [-0.39, 0.29) is 23.9 Å². The molecule has 124 valence electrons. The molecule has 0 aliphatic carbocycles. The van der Waals surface area contributed by atoms with Crippen molar-refractivity contribution in [1.82, 2.24) is 15.5 Å². The second kappa shape index (κ2) is 8.87. The highest BCUT2D eigenvalue weighted by Crippen LogP contribution is 2.22. The predicted octanol–water partition coefficient (Wildman–Crippen LogP) is 1.91. The number of carbonyl (C=O) groups is 2. The Hall–Kier alpha value is -1.30. The van der Waals surface area contributed by atoms with E-state index in [1.54, 1.807) is 0 Å². The molecule has 0 rings (SSSR count). The Balaban J connectivity index is 4.24.